The third kappa shape index (κ3) is 6.07. The van der Waals surface area contributed by atoms with Gasteiger partial charge in [-0.25, -0.2) is 0 Å². The van der Waals surface area contributed by atoms with E-state index in [-0.39, 0.29) is 35.3 Å². The van der Waals surface area contributed by atoms with Gasteiger partial charge in [-0.3, -0.25) is 14.4 Å². The molecule has 1 aliphatic carbocycles. The molecule has 0 radical (unpaired) electrons. The lowest BCUT2D eigenvalue weighted by molar-refractivity contribution is -0.137. The molecular weight excluding hydrogens is 411 g/mol. The molecule has 0 saturated heterocycles. The summed E-state index contributed by atoms with van der Waals surface area (Å²) in [5.74, 6) is -1.42. The number of anilines is 2. The van der Waals surface area contributed by atoms with E-state index in [0.717, 1.165) is 37.8 Å². The molecule has 164 valence electrons. The van der Waals surface area contributed by atoms with Crippen LogP contribution >= 0.6 is 0 Å². The van der Waals surface area contributed by atoms with Crippen molar-refractivity contribution in [3.8, 4) is 0 Å². The quantitative estimate of drug-likeness (QED) is 0.638. The maximum atomic E-state index is 12.9. The molecule has 0 unspecified atom stereocenters. The normalized spacial score (nSPS) is 14.2. The minimum atomic E-state index is -4.53. The van der Waals surface area contributed by atoms with Crippen LogP contribution < -0.4 is 16.0 Å². The molecule has 2 aromatic carbocycles. The number of para-hydroxylation sites is 1. The van der Waals surface area contributed by atoms with E-state index in [1.165, 1.54) is 24.3 Å². The number of carbonyl (C=O) groups is 3. The van der Waals surface area contributed by atoms with E-state index in [1.807, 2.05) is 0 Å². The summed E-state index contributed by atoms with van der Waals surface area (Å²) in [6, 6.07) is 10.4. The Balaban J connectivity index is 1.63. The molecular formula is C22H22F3N3O3. The summed E-state index contributed by atoms with van der Waals surface area (Å²) in [6.45, 7) is -0.237. The SMILES string of the molecule is O=C(CNC(=O)C1CCCC1)Nc1ccccc1C(=O)Nc1cccc(C(F)(F)F)c1. The van der Waals surface area contributed by atoms with Gasteiger partial charge in [0.1, 0.15) is 0 Å². The summed E-state index contributed by atoms with van der Waals surface area (Å²) in [5, 5.41) is 7.57. The molecule has 3 N–H and O–H groups in total. The predicted molar refractivity (Wildman–Crippen MR) is 109 cm³/mol. The number of nitrogens with one attached hydrogen (secondary N) is 3. The van der Waals surface area contributed by atoms with Crippen molar-refractivity contribution < 1.29 is 27.6 Å². The Bertz CT molecular complexity index is 970. The number of amides is 3. The van der Waals surface area contributed by atoms with E-state index in [0.29, 0.717) is 0 Å². The standard InChI is InChI=1S/C22H22F3N3O3/c23-22(24,25)15-8-5-9-16(12-15)27-21(31)17-10-3-4-11-18(17)28-19(29)13-26-20(30)14-6-1-2-7-14/h3-5,8-12,14H,1-2,6-7,13H2,(H,26,30)(H,27,31)(H,28,29). The fourth-order valence-corrected chi connectivity index (χ4v) is 3.46. The second-order valence-electron chi connectivity index (χ2n) is 7.33. The van der Waals surface area contributed by atoms with Crippen molar-refractivity contribution >= 4 is 29.1 Å². The zero-order valence-electron chi connectivity index (χ0n) is 16.6. The van der Waals surface area contributed by atoms with E-state index in [1.54, 1.807) is 12.1 Å². The predicted octanol–water partition coefficient (Wildman–Crippen LogP) is 4.20. The molecule has 1 fully saturated rings. The summed E-state index contributed by atoms with van der Waals surface area (Å²) < 4.78 is 38.6. The lowest BCUT2D eigenvalue weighted by Crippen LogP contribution is -2.36. The Labute approximate surface area is 177 Å². The molecule has 1 saturated carbocycles. The van der Waals surface area contributed by atoms with Crippen LogP contribution in [-0.4, -0.2) is 24.3 Å². The van der Waals surface area contributed by atoms with Crippen molar-refractivity contribution in [3.05, 3.63) is 59.7 Å². The van der Waals surface area contributed by atoms with Crippen LogP contribution in [0.3, 0.4) is 0 Å². The summed E-state index contributed by atoms with van der Waals surface area (Å²) in [7, 11) is 0. The first-order chi connectivity index (χ1) is 14.7. The maximum Gasteiger partial charge on any atom is 0.416 e. The van der Waals surface area contributed by atoms with Crippen molar-refractivity contribution in [1.82, 2.24) is 5.32 Å². The highest BCUT2D eigenvalue weighted by atomic mass is 19.4. The Morgan fingerprint density at radius 1 is 0.935 bits per heavy atom. The van der Waals surface area contributed by atoms with Gasteiger partial charge in [0.15, 0.2) is 0 Å². The first-order valence-electron chi connectivity index (χ1n) is 9.89. The molecule has 0 aliphatic heterocycles. The molecule has 0 aromatic heterocycles. The average Bonchev–Trinajstić information content (AvgIpc) is 3.27. The van der Waals surface area contributed by atoms with Crippen LogP contribution in [0.4, 0.5) is 24.5 Å². The molecule has 0 spiro atoms. The molecule has 0 atom stereocenters. The highest BCUT2D eigenvalue weighted by Crippen LogP contribution is 2.31. The van der Waals surface area contributed by atoms with Crippen LogP contribution in [-0.2, 0) is 15.8 Å². The molecule has 3 amide bonds. The fraction of sp³-hybridized carbons (Fsp3) is 0.318. The molecule has 2 aromatic rings. The summed E-state index contributed by atoms with van der Waals surface area (Å²) in [4.78, 5) is 36.9. The summed E-state index contributed by atoms with van der Waals surface area (Å²) in [6.07, 6.45) is -0.912. The van der Waals surface area contributed by atoms with Crippen LogP contribution in [0.1, 0.15) is 41.6 Å². The van der Waals surface area contributed by atoms with Gasteiger partial charge in [0.05, 0.1) is 23.4 Å². The van der Waals surface area contributed by atoms with Crippen molar-refractivity contribution in [2.24, 2.45) is 5.92 Å². The van der Waals surface area contributed by atoms with Crippen LogP contribution in [0.2, 0.25) is 0 Å². The summed E-state index contributed by atoms with van der Waals surface area (Å²) >= 11 is 0. The number of hydrogen-bond donors (Lipinski definition) is 3. The van der Waals surface area contributed by atoms with E-state index in [2.05, 4.69) is 16.0 Å². The van der Waals surface area contributed by atoms with E-state index in [9.17, 15) is 27.6 Å². The molecule has 6 nitrogen and oxygen atoms in total. The zero-order chi connectivity index (χ0) is 22.4. The number of alkyl halides is 3. The van der Waals surface area contributed by atoms with E-state index in [4.69, 9.17) is 0 Å². The van der Waals surface area contributed by atoms with E-state index >= 15 is 0 Å². The summed E-state index contributed by atoms with van der Waals surface area (Å²) in [5.41, 5.74) is -0.642. The highest BCUT2D eigenvalue weighted by molar-refractivity contribution is 6.10. The number of hydrogen-bond acceptors (Lipinski definition) is 3. The monoisotopic (exact) mass is 433 g/mol. The van der Waals surface area contributed by atoms with Gasteiger partial charge in [0.2, 0.25) is 11.8 Å². The topological polar surface area (TPSA) is 87.3 Å². The van der Waals surface area contributed by atoms with Gasteiger partial charge in [0, 0.05) is 11.6 Å². The maximum absolute atomic E-state index is 12.9. The lowest BCUT2D eigenvalue weighted by Gasteiger charge is -2.14. The van der Waals surface area contributed by atoms with Gasteiger partial charge >= 0.3 is 6.18 Å². The Morgan fingerprint density at radius 2 is 1.65 bits per heavy atom. The number of halogens is 3. The van der Waals surface area contributed by atoms with Crippen molar-refractivity contribution in [1.29, 1.82) is 0 Å². The lowest BCUT2D eigenvalue weighted by atomic mass is 10.1. The first-order valence-corrected chi connectivity index (χ1v) is 9.89. The molecule has 0 bridgehead atoms. The molecule has 9 heteroatoms. The minimum absolute atomic E-state index is 0.0234. The van der Waals surface area contributed by atoms with Gasteiger partial charge in [0.25, 0.3) is 5.91 Å². The molecule has 1 aliphatic rings. The third-order valence-electron chi connectivity index (χ3n) is 5.04. The van der Waals surface area contributed by atoms with Crippen molar-refractivity contribution in [2.45, 2.75) is 31.9 Å². The van der Waals surface area contributed by atoms with Crippen molar-refractivity contribution in [2.75, 3.05) is 17.2 Å². The highest BCUT2D eigenvalue weighted by Gasteiger charge is 2.30. The van der Waals surface area contributed by atoms with Crippen LogP contribution in [0.25, 0.3) is 0 Å². The Kier molecular flexibility index (Phi) is 6.94. The van der Waals surface area contributed by atoms with Gasteiger partial charge < -0.3 is 16.0 Å². The first kappa shape index (κ1) is 22.3. The molecule has 0 heterocycles. The van der Waals surface area contributed by atoms with Gasteiger partial charge in [-0.15, -0.1) is 0 Å². The second kappa shape index (κ2) is 9.63. The number of carbonyl (C=O) groups excluding carboxylic acids is 3. The number of benzene rings is 2. The molecule has 31 heavy (non-hydrogen) atoms. The third-order valence-corrected chi connectivity index (χ3v) is 5.04. The van der Waals surface area contributed by atoms with Gasteiger partial charge in [-0.1, -0.05) is 31.0 Å². The Morgan fingerprint density at radius 3 is 2.35 bits per heavy atom. The van der Waals surface area contributed by atoms with Crippen LogP contribution in [0.15, 0.2) is 48.5 Å². The van der Waals surface area contributed by atoms with Gasteiger partial charge in [-0.05, 0) is 43.2 Å². The largest absolute Gasteiger partial charge is 0.416 e. The van der Waals surface area contributed by atoms with Crippen LogP contribution in [0, 0.1) is 5.92 Å². The van der Waals surface area contributed by atoms with Crippen molar-refractivity contribution in [3.63, 3.8) is 0 Å². The minimum Gasteiger partial charge on any atom is -0.347 e. The zero-order valence-corrected chi connectivity index (χ0v) is 16.6. The Hall–Kier alpha value is -3.36. The average molecular weight is 433 g/mol. The molecule has 3 rings (SSSR count). The van der Waals surface area contributed by atoms with E-state index < -0.39 is 23.6 Å². The van der Waals surface area contributed by atoms with Gasteiger partial charge in [-0.2, -0.15) is 13.2 Å². The smallest absolute Gasteiger partial charge is 0.347 e. The fourth-order valence-electron chi connectivity index (χ4n) is 3.46. The van der Waals surface area contributed by atoms with Crippen LogP contribution in [0.5, 0.6) is 0 Å². The second-order valence-corrected chi connectivity index (χ2v) is 7.33. The number of rotatable bonds is 6.